The summed E-state index contributed by atoms with van der Waals surface area (Å²) < 4.78 is 22.6. The summed E-state index contributed by atoms with van der Waals surface area (Å²) in [7, 11) is 0. The second-order valence-electron chi connectivity index (χ2n) is 8.61. The Morgan fingerprint density at radius 3 is 2.87 bits per heavy atom. The zero-order valence-corrected chi connectivity index (χ0v) is 17.4. The third-order valence-corrected chi connectivity index (χ3v) is 6.63. The molecule has 2 aliphatic heterocycles. The number of fused-ring (bicyclic) bond motifs is 5. The van der Waals surface area contributed by atoms with Gasteiger partial charge in [-0.2, -0.15) is 0 Å². The number of hydrogen-bond acceptors (Lipinski definition) is 5. The molecular formula is C22H24FN5O3. The Kier molecular flexibility index (Phi) is 4.85. The third-order valence-electron chi connectivity index (χ3n) is 6.63. The fraction of sp³-hybridized carbons (Fsp3) is 0.545. The number of rotatable bonds is 4. The van der Waals surface area contributed by atoms with Gasteiger partial charge >= 0.3 is 5.97 Å². The summed E-state index contributed by atoms with van der Waals surface area (Å²) in [6, 6.07) is 1.40. The molecule has 3 heterocycles. The van der Waals surface area contributed by atoms with Crippen LogP contribution in [-0.2, 0) is 11.2 Å². The lowest BCUT2D eigenvalue weighted by molar-refractivity contribution is 0.0524. The van der Waals surface area contributed by atoms with Crippen LogP contribution in [0.2, 0.25) is 0 Å². The number of benzene rings is 1. The van der Waals surface area contributed by atoms with Gasteiger partial charge in [0.05, 0.1) is 23.9 Å². The molecule has 0 N–H and O–H groups in total. The van der Waals surface area contributed by atoms with Crippen LogP contribution in [-0.4, -0.2) is 35.8 Å². The van der Waals surface area contributed by atoms with Crippen molar-refractivity contribution in [1.29, 1.82) is 0 Å². The molecule has 1 aromatic heterocycles. The molecule has 1 saturated heterocycles. The Bertz CT molecular complexity index is 1180. The monoisotopic (exact) mass is 425 g/mol. The minimum Gasteiger partial charge on any atom is -0.462 e. The molecule has 3 aliphatic rings. The number of halogens is 1. The molecule has 2 fully saturated rings. The van der Waals surface area contributed by atoms with Gasteiger partial charge in [-0.1, -0.05) is 5.11 Å². The van der Waals surface area contributed by atoms with E-state index in [0.717, 1.165) is 36.8 Å². The Labute approximate surface area is 178 Å². The van der Waals surface area contributed by atoms with Crippen molar-refractivity contribution < 1.29 is 13.9 Å². The van der Waals surface area contributed by atoms with E-state index in [2.05, 4.69) is 10.0 Å². The van der Waals surface area contributed by atoms with Crippen molar-refractivity contribution in [1.82, 2.24) is 4.57 Å². The third kappa shape index (κ3) is 3.24. The van der Waals surface area contributed by atoms with E-state index in [1.165, 1.54) is 6.07 Å². The summed E-state index contributed by atoms with van der Waals surface area (Å²) in [5, 5.41) is 4.11. The first-order chi connectivity index (χ1) is 15.0. The highest BCUT2D eigenvalue weighted by molar-refractivity contribution is 5.96. The number of esters is 1. The number of hydrogen-bond donors (Lipinski definition) is 0. The van der Waals surface area contributed by atoms with E-state index in [-0.39, 0.29) is 35.7 Å². The van der Waals surface area contributed by atoms with Gasteiger partial charge in [0, 0.05) is 40.7 Å². The van der Waals surface area contributed by atoms with E-state index in [9.17, 15) is 9.59 Å². The number of nitrogens with zero attached hydrogens (tertiary/aromatic N) is 5. The number of carbonyl (C=O) groups is 1. The average Bonchev–Trinajstić information content (AvgIpc) is 3.53. The van der Waals surface area contributed by atoms with Crippen molar-refractivity contribution in [3.63, 3.8) is 0 Å². The maximum Gasteiger partial charge on any atom is 0.343 e. The predicted molar refractivity (Wildman–Crippen MR) is 114 cm³/mol. The fourth-order valence-electron chi connectivity index (χ4n) is 5.21. The van der Waals surface area contributed by atoms with Crippen molar-refractivity contribution >= 4 is 22.6 Å². The second kappa shape index (κ2) is 7.57. The maximum absolute atomic E-state index is 15.5. The number of carbonyl (C=O) groups excluding carboxylic acids is 1. The van der Waals surface area contributed by atoms with Crippen LogP contribution in [0.4, 0.5) is 10.1 Å². The van der Waals surface area contributed by atoms with Crippen LogP contribution in [0.15, 0.2) is 22.2 Å². The van der Waals surface area contributed by atoms with Gasteiger partial charge in [-0.3, -0.25) is 4.79 Å². The Morgan fingerprint density at radius 2 is 2.16 bits per heavy atom. The van der Waals surface area contributed by atoms with Gasteiger partial charge in [-0.15, -0.1) is 0 Å². The lowest BCUT2D eigenvalue weighted by Gasteiger charge is -2.28. The molecule has 162 valence electrons. The van der Waals surface area contributed by atoms with E-state index in [1.54, 1.807) is 13.1 Å². The van der Waals surface area contributed by atoms with Crippen LogP contribution >= 0.6 is 0 Å². The van der Waals surface area contributed by atoms with Crippen molar-refractivity contribution in [3.8, 4) is 0 Å². The van der Waals surface area contributed by atoms with Gasteiger partial charge in [-0.05, 0) is 57.0 Å². The SMILES string of the molecule is CCOC(=O)c1cn(C2CC2)c2c3c(c(F)cc2c1=O)N1C[C@@H](N=[N+]=[N-])C[C@H]1CCC3. The Balaban J connectivity index is 1.75. The van der Waals surface area contributed by atoms with Crippen LogP contribution in [0.3, 0.4) is 0 Å². The minimum atomic E-state index is -0.670. The number of ether oxygens (including phenoxy) is 1. The number of aryl methyl sites for hydroxylation is 1. The van der Waals surface area contributed by atoms with Gasteiger partial charge in [0.15, 0.2) is 0 Å². The van der Waals surface area contributed by atoms with Crippen LogP contribution in [0.25, 0.3) is 21.3 Å². The van der Waals surface area contributed by atoms with Gasteiger partial charge in [0.2, 0.25) is 5.43 Å². The molecule has 0 spiro atoms. The minimum absolute atomic E-state index is 0.0447. The molecule has 1 saturated carbocycles. The molecule has 1 aliphatic carbocycles. The number of azide groups is 1. The molecule has 1 aromatic carbocycles. The molecule has 0 amide bonds. The molecule has 0 radical (unpaired) electrons. The number of aromatic nitrogens is 1. The Hall–Kier alpha value is -3.06. The average molecular weight is 425 g/mol. The molecule has 0 unspecified atom stereocenters. The van der Waals surface area contributed by atoms with Gasteiger partial charge in [0.1, 0.15) is 11.4 Å². The van der Waals surface area contributed by atoms with Crippen LogP contribution in [0.5, 0.6) is 0 Å². The first-order valence-electron chi connectivity index (χ1n) is 10.9. The molecular weight excluding hydrogens is 401 g/mol. The highest BCUT2D eigenvalue weighted by Gasteiger charge is 2.38. The maximum atomic E-state index is 15.5. The first kappa shape index (κ1) is 19.9. The lowest BCUT2D eigenvalue weighted by atomic mass is 9.99. The highest BCUT2D eigenvalue weighted by atomic mass is 19.1. The quantitative estimate of drug-likeness (QED) is 0.316. The van der Waals surface area contributed by atoms with Crippen LogP contribution in [0.1, 0.15) is 61.0 Å². The second-order valence-corrected chi connectivity index (χ2v) is 8.61. The Morgan fingerprint density at radius 1 is 1.35 bits per heavy atom. The molecule has 8 nitrogen and oxygen atoms in total. The topological polar surface area (TPSA) is 100 Å². The summed E-state index contributed by atoms with van der Waals surface area (Å²) in [6.07, 6.45) is 6.62. The molecule has 2 aromatic rings. The van der Waals surface area contributed by atoms with Crippen molar-refractivity contribution in [2.24, 2.45) is 5.11 Å². The summed E-state index contributed by atoms with van der Waals surface area (Å²) in [5.41, 5.74) is 10.4. The van der Waals surface area contributed by atoms with Gasteiger partial charge < -0.3 is 14.2 Å². The van der Waals surface area contributed by atoms with E-state index < -0.39 is 17.2 Å². The van der Waals surface area contributed by atoms with Crippen LogP contribution < -0.4 is 10.3 Å². The molecule has 31 heavy (non-hydrogen) atoms. The van der Waals surface area contributed by atoms with Crippen molar-refractivity contribution in [2.75, 3.05) is 18.1 Å². The van der Waals surface area contributed by atoms with E-state index >= 15 is 4.39 Å². The van der Waals surface area contributed by atoms with E-state index in [0.29, 0.717) is 25.1 Å². The molecule has 9 heteroatoms. The van der Waals surface area contributed by atoms with Crippen LogP contribution in [0, 0.1) is 5.82 Å². The van der Waals surface area contributed by atoms with Crippen molar-refractivity contribution in [3.05, 3.63) is 49.9 Å². The summed E-state index contributed by atoms with van der Waals surface area (Å²) in [5.74, 6) is -1.13. The molecule has 2 atom stereocenters. The number of anilines is 1. The highest BCUT2D eigenvalue weighted by Crippen LogP contribution is 2.44. The zero-order chi connectivity index (χ0) is 21.7. The zero-order valence-electron chi connectivity index (χ0n) is 17.4. The lowest BCUT2D eigenvalue weighted by Crippen LogP contribution is -2.30. The number of pyridine rings is 1. The largest absolute Gasteiger partial charge is 0.462 e. The van der Waals surface area contributed by atoms with Gasteiger partial charge in [-0.25, -0.2) is 9.18 Å². The summed E-state index contributed by atoms with van der Waals surface area (Å²) in [6.45, 7) is 2.33. The van der Waals surface area contributed by atoms with Crippen molar-refractivity contribution in [2.45, 2.75) is 63.6 Å². The standard InChI is InChI=1S/C22H24FN5O3/c1-2-31-22(30)17-11-28(13-6-7-13)19-15-5-3-4-14-8-12(25-26-24)10-27(14)20(15)18(23)9-16(19)21(17)29/h9,11-14H,2-8,10H2,1H3/t12-,14+/m0/s1. The van der Waals surface area contributed by atoms with Gasteiger partial charge in [0.25, 0.3) is 0 Å². The molecule has 5 rings (SSSR count). The fourth-order valence-corrected chi connectivity index (χ4v) is 5.21. The first-order valence-corrected chi connectivity index (χ1v) is 10.9. The molecule has 0 bridgehead atoms. The predicted octanol–water partition coefficient (Wildman–Crippen LogP) is 4.25. The van der Waals surface area contributed by atoms with E-state index in [1.807, 2.05) is 9.47 Å². The normalized spacial score (nSPS) is 22.5. The summed E-state index contributed by atoms with van der Waals surface area (Å²) >= 11 is 0. The summed E-state index contributed by atoms with van der Waals surface area (Å²) in [4.78, 5) is 30.5. The smallest absolute Gasteiger partial charge is 0.343 e. The van der Waals surface area contributed by atoms with E-state index in [4.69, 9.17) is 10.3 Å².